The fraction of sp³-hybridized carbons (Fsp3) is 0.476. The van der Waals surface area contributed by atoms with Crippen LogP contribution in [0.1, 0.15) is 47.7 Å². The highest BCUT2D eigenvalue weighted by Gasteiger charge is 2.29. The molecule has 0 spiro atoms. The van der Waals surface area contributed by atoms with Crippen LogP contribution in [0, 0.1) is 16.5 Å². The van der Waals surface area contributed by atoms with E-state index in [-0.39, 0.29) is 17.4 Å². The summed E-state index contributed by atoms with van der Waals surface area (Å²) in [5, 5.41) is 2.70. The highest BCUT2D eigenvalue weighted by Crippen LogP contribution is 2.40. The molecule has 1 saturated heterocycles. The standard InChI is InChI=1S/C21H25FN4O3S/c1-23-19(27)13-5-7-25(8-6-13)17-10-15(22)14(20(28)29-2)9-18(17)26-11-16(12-3-4-12)24-21(26)30/h9-13H,3-8H2,1-2H3,(H,23,27)(H,24,30). The molecule has 9 heteroatoms. The maximum atomic E-state index is 14.8. The highest BCUT2D eigenvalue weighted by atomic mass is 32.1. The number of nitrogens with zero attached hydrogens (tertiary/aromatic N) is 2. The molecule has 2 aromatic rings. The Morgan fingerprint density at radius 3 is 2.50 bits per heavy atom. The van der Waals surface area contributed by atoms with E-state index in [1.165, 1.54) is 19.2 Å². The summed E-state index contributed by atoms with van der Waals surface area (Å²) in [6.45, 7) is 1.21. The molecule has 0 bridgehead atoms. The number of nitrogens with one attached hydrogen (secondary N) is 2. The van der Waals surface area contributed by atoms with Crippen molar-refractivity contribution >= 4 is 29.8 Å². The number of anilines is 1. The molecule has 1 aromatic heterocycles. The molecule has 4 rings (SSSR count). The molecule has 30 heavy (non-hydrogen) atoms. The second-order valence-corrected chi connectivity index (χ2v) is 8.23. The summed E-state index contributed by atoms with van der Waals surface area (Å²) < 4.78 is 21.9. The number of hydrogen-bond donors (Lipinski definition) is 2. The van der Waals surface area contributed by atoms with Gasteiger partial charge in [-0.1, -0.05) is 0 Å². The molecule has 2 heterocycles. The number of amides is 1. The molecular weight excluding hydrogens is 407 g/mol. The van der Waals surface area contributed by atoms with Crippen LogP contribution in [0.4, 0.5) is 10.1 Å². The zero-order chi connectivity index (χ0) is 21.4. The van der Waals surface area contributed by atoms with E-state index in [2.05, 4.69) is 10.3 Å². The quantitative estimate of drug-likeness (QED) is 0.560. The van der Waals surface area contributed by atoms with Crippen LogP contribution >= 0.6 is 12.2 Å². The molecule has 7 nitrogen and oxygen atoms in total. The second kappa shape index (κ2) is 8.22. The largest absolute Gasteiger partial charge is 0.465 e. The van der Waals surface area contributed by atoms with Crippen LogP contribution in [0.2, 0.25) is 0 Å². The molecule has 1 amide bonds. The summed E-state index contributed by atoms with van der Waals surface area (Å²) in [6.07, 6.45) is 5.52. The normalized spacial score (nSPS) is 17.1. The molecule has 2 N–H and O–H groups in total. The van der Waals surface area contributed by atoms with Crippen LogP contribution in [0.15, 0.2) is 18.3 Å². The van der Waals surface area contributed by atoms with Crippen molar-refractivity contribution in [1.29, 1.82) is 0 Å². The topological polar surface area (TPSA) is 79.4 Å². The van der Waals surface area contributed by atoms with Crippen molar-refractivity contribution in [2.24, 2.45) is 5.92 Å². The number of aromatic nitrogens is 2. The van der Waals surface area contributed by atoms with Gasteiger partial charge in [-0.05, 0) is 44.0 Å². The third kappa shape index (κ3) is 3.86. The smallest absolute Gasteiger partial charge is 0.340 e. The van der Waals surface area contributed by atoms with Gasteiger partial charge in [0.25, 0.3) is 0 Å². The van der Waals surface area contributed by atoms with Gasteiger partial charge in [0.2, 0.25) is 5.91 Å². The van der Waals surface area contributed by atoms with Gasteiger partial charge in [-0.15, -0.1) is 0 Å². The predicted molar refractivity (Wildman–Crippen MR) is 113 cm³/mol. The Hall–Kier alpha value is -2.68. The molecule has 1 aromatic carbocycles. The Labute approximate surface area is 179 Å². The first-order valence-corrected chi connectivity index (χ1v) is 10.5. The molecule has 1 saturated carbocycles. The number of carbonyl (C=O) groups excluding carboxylic acids is 2. The third-order valence-electron chi connectivity index (χ3n) is 5.94. The number of halogens is 1. The van der Waals surface area contributed by atoms with Gasteiger partial charge in [-0.25, -0.2) is 9.18 Å². The van der Waals surface area contributed by atoms with Gasteiger partial charge in [-0.3, -0.25) is 9.36 Å². The zero-order valence-corrected chi connectivity index (χ0v) is 17.9. The van der Waals surface area contributed by atoms with E-state index in [0.717, 1.165) is 18.5 Å². The molecule has 0 unspecified atom stereocenters. The van der Waals surface area contributed by atoms with E-state index in [1.807, 2.05) is 11.1 Å². The lowest BCUT2D eigenvalue weighted by Gasteiger charge is -2.34. The third-order valence-corrected chi connectivity index (χ3v) is 6.24. The van der Waals surface area contributed by atoms with E-state index >= 15 is 0 Å². The van der Waals surface area contributed by atoms with Gasteiger partial charge in [0.05, 0.1) is 24.0 Å². The van der Waals surface area contributed by atoms with Crippen molar-refractivity contribution in [3.63, 3.8) is 0 Å². The molecule has 160 valence electrons. The minimum absolute atomic E-state index is 0.0315. The lowest BCUT2D eigenvalue weighted by atomic mass is 9.95. The lowest BCUT2D eigenvalue weighted by molar-refractivity contribution is -0.125. The van der Waals surface area contributed by atoms with Crippen molar-refractivity contribution in [1.82, 2.24) is 14.9 Å². The van der Waals surface area contributed by atoms with Gasteiger partial charge >= 0.3 is 5.97 Å². The number of ether oxygens (including phenoxy) is 1. The minimum atomic E-state index is -0.733. The number of H-pyrrole nitrogens is 1. The van der Waals surface area contributed by atoms with Crippen molar-refractivity contribution in [3.8, 4) is 5.69 Å². The minimum Gasteiger partial charge on any atom is -0.465 e. The van der Waals surface area contributed by atoms with Gasteiger partial charge in [0.1, 0.15) is 5.82 Å². The predicted octanol–water partition coefficient (Wildman–Crippen LogP) is 3.30. The maximum Gasteiger partial charge on any atom is 0.340 e. The van der Waals surface area contributed by atoms with Crippen LogP contribution in [0.5, 0.6) is 0 Å². The Kier molecular flexibility index (Phi) is 5.64. The molecule has 0 atom stereocenters. The molecule has 2 fully saturated rings. The summed E-state index contributed by atoms with van der Waals surface area (Å²) >= 11 is 5.53. The zero-order valence-electron chi connectivity index (χ0n) is 17.0. The van der Waals surface area contributed by atoms with Gasteiger partial charge < -0.3 is 19.9 Å². The van der Waals surface area contributed by atoms with Crippen molar-refractivity contribution in [2.45, 2.75) is 31.6 Å². The first-order chi connectivity index (χ1) is 14.4. The number of carbonyl (C=O) groups is 2. The van der Waals surface area contributed by atoms with E-state index in [9.17, 15) is 14.0 Å². The maximum absolute atomic E-state index is 14.8. The first kappa shape index (κ1) is 20.6. The van der Waals surface area contributed by atoms with Crippen LogP contribution in [-0.2, 0) is 9.53 Å². The first-order valence-electron chi connectivity index (χ1n) is 10.1. The molecular formula is C21H25FN4O3S. The SMILES string of the molecule is CNC(=O)C1CCN(c2cc(F)c(C(=O)OC)cc2-n2cc(C3CC3)[nH]c2=S)CC1. The van der Waals surface area contributed by atoms with Crippen molar-refractivity contribution in [2.75, 3.05) is 32.1 Å². The number of esters is 1. The van der Waals surface area contributed by atoms with Crippen LogP contribution in [0.25, 0.3) is 5.69 Å². The van der Waals surface area contributed by atoms with E-state index in [4.69, 9.17) is 17.0 Å². The number of piperidine rings is 1. The van der Waals surface area contributed by atoms with Crippen molar-refractivity contribution < 1.29 is 18.7 Å². The molecule has 1 aliphatic heterocycles. The van der Waals surface area contributed by atoms with E-state index in [1.54, 1.807) is 11.6 Å². The summed E-state index contributed by atoms with van der Waals surface area (Å²) in [4.78, 5) is 29.3. The summed E-state index contributed by atoms with van der Waals surface area (Å²) in [5.41, 5.74) is 2.19. The number of imidazole rings is 1. The Morgan fingerprint density at radius 2 is 1.90 bits per heavy atom. The number of methoxy groups -OCH3 is 1. The highest BCUT2D eigenvalue weighted by molar-refractivity contribution is 7.71. The van der Waals surface area contributed by atoms with Gasteiger partial charge in [-0.2, -0.15) is 0 Å². The van der Waals surface area contributed by atoms with Crippen LogP contribution in [-0.4, -0.2) is 48.7 Å². The molecule has 0 radical (unpaired) electrons. The Balaban J connectivity index is 1.74. The monoisotopic (exact) mass is 432 g/mol. The summed E-state index contributed by atoms with van der Waals surface area (Å²) in [7, 11) is 2.87. The number of benzene rings is 1. The van der Waals surface area contributed by atoms with Gasteiger partial charge in [0, 0.05) is 49.9 Å². The Morgan fingerprint density at radius 1 is 1.20 bits per heavy atom. The molecule has 2 aliphatic rings. The van der Waals surface area contributed by atoms with Crippen molar-refractivity contribution in [3.05, 3.63) is 40.2 Å². The summed E-state index contributed by atoms with van der Waals surface area (Å²) in [5.74, 6) is -0.921. The number of hydrogen-bond acceptors (Lipinski definition) is 5. The Bertz CT molecular complexity index is 1040. The number of rotatable bonds is 5. The van der Waals surface area contributed by atoms with Crippen LogP contribution < -0.4 is 10.2 Å². The van der Waals surface area contributed by atoms with E-state index in [0.29, 0.717) is 48.0 Å². The number of aromatic amines is 1. The fourth-order valence-corrected chi connectivity index (χ4v) is 4.31. The van der Waals surface area contributed by atoms with Gasteiger partial charge in [0.15, 0.2) is 4.77 Å². The molecule has 1 aliphatic carbocycles. The van der Waals surface area contributed by atoms with Crippen LogP contribution in [0.3, 0.4) is 0 Å². The van der Waals surface area contributed by atoms with E-state index < -0.39 is 11.8 Å². The lowest BCUT2D eigenvalue weighted by Crippen LogP contribution is -2.40. The second-order valence-electron chi connectivity index (χ2n) is 7.85. The summed E-state index contributed by atoms with van der Waals surface area (Å²) in [6, 6.07) is 2.87. The fourth-order valence-electron chi connectivity index (χ4n) is 4.05. The average Bonchev–Trinajstić information content (AvgIpc) is 3.54. The average molecular weight is 433 g/mol.